The zero-order valence-corrected chi connectivity index (χ0v) is 16.7. The number of rotatable bonds is 7. The number of thioether (sulfide) groups is 1. The van der Waals surface area contributed by atoms with Gasteiger partial charge in [0.2, 0.25) is 0 Å². The molecule has 0 fully saturated rings. The first-order chi connectivity index (χ1) is 13.1. The summed E-state index contributed by atoms with van der Waals surface area (Å²) in [6.45, 7) is 3.94. The Labute approximate surface area is 165 Å². The molecule has 27 heavy (non-hydrogen) atoms. The van der Waals surface area contributed by atoms with Crippen molar-refractivity contribution in [3.05, 3.63) is 91.5 Å². The van der Waals surface area contributed by atoms with Gasteiger partial charge in [-0.05, 0) is 42.2 Å². The topological polar surface area (TPSA) is 37.4 Å². The molecule has 0 radical (unpaired) electrons. The summed E-state index contributed by atoms with van der Waals surface area (Å²) in [5.74, 6) is 0. The minimum atomic E-state index is -3.72. The molecule has 0 heterocycles. The second-order valence-electron chi connectivity index (χ2n) is 5.88. The van der Waals surface area contributed by atoms with Gasteiger partial charge in [0.1, 0.15) is 0 Å². The Kier molecular flexibility index (Phi) is 6.04. The molecule has 0 saturated heterocycles. The van der Waals surface area contributed by atoms with Gasteiger partial charge >= 0.3 is 0 Å². The molecule has 3 nitrogen and oxygen atoms in total. The van der Waals surface area contributed by atoms with Gasteiger partial charge < -0.3 is 0 Å². The molecule has 0 N–H and O–H groups in total. The zero-order chi connectivity index (χ0) is 19.3. The van der Waals surface area contributed by atoms with Crippen LogP contribution in [0.25, 0.3) is 11.1 Å². The second-order valence-corrected chi connectivity index (χ2v) is 8.63. The van der Waals surface area contributed by atoms with Crippen molar-refractivity contribution < 1.29 is 8.42 Å². The van der Waals surface area contributed by atoms with Crippen LogP contribution < -0.4 is 4.31 Å². The van der Waals surface area contributed by atoms with Crippen molar-refractivity contribution in [3.63, 3.8) is 0 Å². The summed E-state index contributed by atoms with van der Waals surface area (Å²) in [6.07, 6.45) is 3.57. The lowest BCUT2D eigenvalue weighted by molar-refractivity contribution is 0.593. The van der Waals surface area contributed by atoms with E-state index in [1.54, 1.807) is 30.0 Å². The van der Waals surface area contributed by atoms with Crippen LogP contribution >= 0.6 is 11.8 Å². The van der Waals surface area contributed by atoms with Crippen LogP contribution in [0, 0.1) is 0 Å². The summed E-state index contributed by atoms with van der Waals surface area (Å²) >= 11 is 1.58. The minimum Gasteiger partial charge on any atom is -0.262 e. The van der Waals surface area contributed by atoms with Gasteiger partial charge in [-0.1, -0.05) is 54.6 Å². The highest BCUT2D eigenvalue weighted by atomic mass is 32.2. The molecule has 3 aromatic carbocycles. The highest BCUT2D eigenvalue weighted by Crippen LogP contribution is 2.34. The van der Waals surface area contributed by atoms with E-state index in [4.69, 9.17) is 0 Å². The van der Waals surface area contributed by atoms with Crippen molar-refractivity contribution in [2.24, 2.45) is 0 Å². The summed E-state index contributed by atoms with van der Waals surface area (Å²) in [4.78, 5) is 1.29. The Hall–Kier alpha value is -2.50. The molecule has 3 rings (SSSR count). The average Bonchev–Trinajstić information content (AvgIpc) is 2.72. The molecule has 0 bridgehead atoms. The molecule has 0 aliphatic carbocycles. The number of para-hydroxylation sites is 1. The smallest absolute Gasteiger partial charge is 0.262 e. The number of sulfonamides is 1. The Morgan fingerprint density at radius 2 is 1.56 bits per heavy atom. The van der Waals surface area contributed by atoms with Crippen LogP contribution in [0.2, 0.25) is 0 Å². The van der Waals surface area contributed by atoms with E-state index in [-0.39, 0.29) is 11.4 Å². The maximum atomic E-state index is 13.4. The summed E-state index contributed by atoms with van der Waals surface area (Å²) in [7, 11) is -3.72. The van der Waals surface area contributed by atoms with E-state index in [9.17, 15) is 8.42 Å². The van der Waals surface area contributed by atoms with Crippen molar-refractivity contribution in [1.82, 2.24) is 0 Å². The fourth-order valence-electron chi connectivity index (χ4n) is 2.87. The summed E-state index contributed by atoms with van der Waals surface area (Å²) in [5.41, 5.74) is 2.47. The Morgan fingerprint density at radius 3 is 2.19 bits per heavy atom. The third-order valence-corrected chi connectivity index (χ3v) is 6.74. The molecule has 0 aliphatic heterocycles. The highest BCUT2D eigenvalue weighted by molar-refractivity contribution is 7.98. The van der Waals surface area contributed by atoms with Gasteiger partial charge in [0.05, 0.1) is 17.1 Å². The predicted octanol–water partition coefficient (Wildman–Crippen LogP) is 5.46. The first-order valence-corrected chi connectivity index (χ1v) is 11.2. The molecule has 0 amide bonds. The summed E-state index contributed by atoms with van der Waals surface area (Å²) in [6, 6.07) is 24.3. The lowest BCUT2D eigenvalue weighted by Crippen LogP contribution is -2.31. The van der Waals surface area contributed by atoms with Crippen molar-refractivity contribution in [2.45, 2.75) is 9.79 Å². The van der Waals surface area contributed by atoms with Gasteiger partial charge in [-0.25, -0.2) is 8.42 Å². The number of hydrogen-bond acceptors (Lipinski definition) is 3. The second kappa shape index (κ2) is 8.46. The fourth-order valence-corrected chi connectivity index (χ4v) is 4.73. The van der Waals surface area contributed by atoms with E-state index in [0.717, 1.165) is 16.0 Å². The Morgan fingerprint density at radius 1 is 0.926 bits per heavy atom. The molecular formula is C22H21NO2S2. The van der Waals surface area contributed by atoms with Crippen LogP contribution in [-0.2, 0) is 10.0 Å². The van der Waals surface area contributed by atoms with E-state index in [0.29, 0.717) is 5.69 Å². The first kappa shape index (κ1) is 19.3. The van der Waals surface area contributed by atoms with Crippen LogP contribution in [0.5, 0.6) is 0 Å². The number of hydrogen-bond donors (Lipinski definition) is 0. The van der Waals surface area contributed by atoms with Gasteiger partial charge in [-0.15, -0.1) is 18.3 Å². The molecule has 138 valence electrons. The quantitative estimate of drug-likeness (QED) is 0.394. The van der Waals surface area contributed by atoms with Crippen LogP contribution in [0.1, 0.15) is 0 Å². The van der Waals surface area contributed by atoms with Crippen LogP contribution in [0.3, 0.4) is 0 Å². The molecule has 0 saturated carbocycles. The third kappa shape index (κ3) is 4.10. The summed E-state index contributed by atoms with van der Waals surface area (Å²) < 4.78 is 28.2. The lowest BCUT2D eigenvalue weighted by atomic mass is 10.0. The van der Waals surface area contributed by atoms with E-state index >= 15 is 0 Å². The number of nitrogens with zero attached hydrogens (tertiary/aromatic N) is 1. The van der Waals surface area contributed by atoms with E-state index in [2.05, 4.69) is 6.58 Å². The SMILES string of the molecule is C=CCN(c1ccccc1-c1ccccc1)S(=O)(=O)c1ccc(SC)cc1. The van der Waals surface area contributed by atoms with E-state index in [1.807, 2.05) is 73.0 Å². The molecule has 5 heteroatoms. The first-order valence-electron chi connectivity index (χ1n) is 8.50. The van der Waals surface area contributed by atoms with Gasteiger partial charge in [0.25, 0.3) is 10.0 Å². The van der Waals surface area contributed by atoms with Gasteiger partial charge in [-0.3, -0.25) is 4.31 Å². The lowest BCUT2D eigenvalue weighted by Gasteiger charge is -2.25. The molecule has 0 atom stereocenters. The molecular weight excluding hydrogens is 374 g/mol. The van der Waals surface area contributed by atoms with Crippen molar-refractivity contribution in [1.29, 1.82) is 0 Å². The fraction of sp³-hybridized carbons (Fsp3) is 0.0909. The molecule has 0 unspecified atom stereocenters. The number of anilines is 1. The molecule has 3 aromatic rings. The maximum absolute atomic E-state index is 13.4. The Bertz CT molecular complexity index is 1010. The summed E-state index contributed by atoms with van der Waals surface area (Å²) in [5, 5.41) is 0. The molecule has 0 spiro atoms. The monoisotopic (exact) mass is 395 g/mol. The van der Waals surface area contributed by atoms with E-state index < -0.39 is 10.0 Å². The van der Waals surface area contributed by atoms with Crippen LogP contribution in [0.15, 0.2) is 101 Å². The van der Waals surface area contributed by atoms with E-state index in [1.165, 1.54) is 4.31 Å². The average molecular weight is 396 g/mol. The predicted molar refractivity (Wildman–Crippen MR) is 115 cm³/mol. The van der Waals surface area contributed by atoms with Gasteiger partial charge in [0, 0.05) is 10.5 Å². The molecule has 0 aromatic heterocycles. The Balaban J connectivity index is 2.12. The minimum absolute atomic E-state index is 0.191. The largest absolute Gasteiger partial charge is 0.264 e. The van der Waals surface area contributed by atoms with Crippen LogP contribution in [0.4, 0.5) is 5.69 Å². The normalized spacial score (nSPS) is 11.1. The zero-order valence-electron chi connectivity index (χ0n) is 15.1. The third-order valence-electron chi connectivity index (χ3n) is 4.20. The van der Waals surface area contributed by atoms with Gasteiger partial charge in [0.15, 0.2) is 0 Å². The molecule has 0 aliphatic rings. The van der Waals surface area contributed by atoms with Crippen molar-refractivity contribution >= 4 is 27.5 Å². The van der Waals surface area contributed by atoms with Crippen molar-refractivity contribution in [3.8, 4) is 11.1 Å². The maximum Gasteiger partial charge on any atom is 0.264 e. The van der Waals surface area contributed by atoms with Crippen LogP contribution in [-0.4, -0.2) is 21.2 Å². The van der Waals surface area contributed by atoms with Crippen molar-refractivity contribution in [2.75, 3.05) is 17.1 Å². The standard InChI is InChI=1S/C22H21NO2S2/c1-3-17-23(27(24,25)20-15-13-19(26-2)14-16-20)22-12-8-7-11-21(22)18-9-5-4-6-10-18/h3-16H,1,17H2,2H3. The highest BCUT2D eigenvalue weighted by Gasteiger charge is 2.26. The van der Waals surface area contributed by atoms with Gasteiger partial charge in [-0.2, -0.15) is 0 Å². The number of benzene rings is 3.